The number of ether oxygens (including phenoxy) is 2. The second-order valence-electron chi connectivity index (χ2n) is 10.0. The fraction of sp³-hybridized carbons (Fsp3) is 0.267. The molecule has 5 nitrogen and oxygen atoms in total. The van der Waals surface area contributed by atoms with Crippen LogP contribution in [-0.4, -0.2) is 33.9 Å². The summed E-state index contributed by atoms with van der Waals surface area (Å²) >= 11 is 0. The lowest BCUT2D eigenvalue weighted by atomic mass is 9.98. The van der Waals surface area contributed by atoms with Crippen molar-refractivity contribution in [2.75, 3.05) is 19.0 Å². The lowest BCUT2D eigenvalue weighted by Gasteiger charge is -2.16. The van der Waals surface area contributed by atoms with E-state index in [9.17, 15) is 9.59 Å². The summed E-state index contributed by atoms with van der Waals surface area (Å²) in [6.45, 7) is 8.65. The summed E-state index contributed by atoms with van der Waals surface area (Å²) in [7, 11) is -0.260. The largest absolute Gasteiger partial charge is 0.469 e. The number of carbonyl (C=O) groups excluding carboxylic acids is 2. The Labute approximate surface area is 213 Å². The van der Waals surface area contributed by atoms with Gasteiger partial charge in [-0.1, -0.05) is 74.1 Å². The van der Waals surface area contributed by atoms with Crippen molar-refractivity contribution in [1.82, 2.24) is 0 Å². The Balaban J connectivity index is 1.55. The van der Waals surface area contributed by atoms with Crippen molar-refractivity contribution in [3.8, 4) is 22.6 Å². The number of fused-ring (bicyclic) bond motifs is 3. The number of rotatable bonds is 5. The molecule has 3 aromatic rings. The first kappa shape index (κ1) is 25.3. The summed E-state index contributed by atoms with van der Waals surface area (Å²) in [5.74, 6) is 2.89. The lowest BCUT2D eigenvalue weighted by Crippen LogP contribution is -2.19. The van der Waals surface area contributed by atoms with Gasteiger partial charge in [0.15, 0.2) is 0 Å². The van der Waals surface area contributed by atoms with Crippen LogP contribution in [0.3, 0.4) is 0 Å². The fourth-order valence-electron chi connectivity index (χ4n) is 4.37. The molecule has 0 bridgehead atoms. The molecule has 184 valence electrons. The van der Waals surface area contributed by atoms with Crippen LogP contribution >= 0.6 is 0 Å². The van der Waals surface area contributed by atoms with E-state index in [-0.39, 0.29) is 24.9 Å². The summed E-state index contributed by atoms with van der Waals surface area (Å²) in [4.78, 5) is 24.8. The third-order valence-corrected chi connectivity index (χ3v) is 7.07. The molecular weight excluding hydrogens is 466 g/mol. The Hall–Kier alpha value is -3.82. The Morgan fingerprint density at radius 2 is 1.58 bits per heavy atom. The topological polar surface area (TPSA) is 64.6 Å². The number of methoxy groups -OCH3 is 1. The predicted molar refractivity (Wildman–Crippen MR) is 146 cm³/mol. The highest BCUT2D eigenvalue weighted by Crippen LogP contribution is 2.44. The van der Waals surface area contributed by atoms with Crippen LogP contribution in [0.25, 0.3) is 11.1 Å². The first-order valence-electron chi connectivity index (χ1n) is 12.0. The predicted octanol–water partition coefficient (Wildman–Crippen LogP) is 6.30. The maximum Gasteiger partial charge on any atom is 0.411 e. The molecule has 0 aliphatic heterocycles. The molecule has 1 N–H and O–H groups in total. The molecule has 0 aromatic heterocycles. The smallest absolute Gasteiger partial charge is 0.411 e. The standard InChI is InChI=1S/C30H31NO4Si/c1-20-22(14-15-36(3,4)5)16-21(18-29(32)34-2)17-28(20)31-30(33)35-19-27-25-12-8-6-10-23(25)24-11-7-9-13-26(24)27/h6-13,16-17,27H,18-19H2,1-5H3,(H,31,33). The van der Waals surface area contributed by atoms with Gasteiger partial charge < -0.3 is 9.47 Å². The van der Waals surface area contributed by atoms with E-state index < -0.39 is 14.2 Å². The first-order valence-corrected chi connectivity index (χ1v) is 15.5. The Morgan fingerprint density at radius 1 is 0.972 bits per heavy atom. The number of hydrogen-bond acceptors (Lipinski definition) is 4. The monoisotopic (exact) mass is 497 g/mol. The van der Waals surface area contributed by atoms with Crippen LogP contribution in [0.2, 0.25) is 19.6 Å². The fourth-order valence-corrected chi connectivity index (χ4v) is 4.88. The molecule has 1 amide bonds. The summed E-state index contributed by atoms with van der Waals surface area (Å²) in [6, 6.07) is 20.1. The van der Waals surface area contributed by atoms with Gasteiger partial charge in [0.05, 0.1) is 13.5 Å². The van der Waals surface area contributed by atoms with Gasteiger partial charge in [-0.3, -0.25) is 10.1 Å². The van der Waals surface area contributed by atoms with Crippen LogP contribution in [-0.2, 0) is 20.7 Å². The van der Waals surface area contributed by atoms with Crippen molar-refractivity contribution >= 4 is 25.8 Å². The Kier molecular flexibility index (Phi) is 7.32. The third kappa shape index (κ3) is 5.69. The first-order chi connectivity index (χ1) is 17.2. The molecule has 0 atom stereocenters. The summed E-state index contributed by atoms with van der Waals surface area (Å²) < 4.78 is 10.6. The second-order valence-corrected chi connectivity index (χ2v) is 14.8. The highest BCUT2D eigenvalue weighted by molar-refractivity contribution is 6.83. The van der Waals surface area contributed by atoms with Crippen LogP contribution in [0, 0.1) is 18.4 Å². The van der Waals surface area contributed by atoms with E-state index >= 15 is 0 Å². The van der Waals surface area contributed by atoms with Crippen LogP contribution in [0.1, 0.15) is 33.7 Å². The highest BCUT2D eigenvalue weighted by atomic mass is 28.3. The molecule has 0 spiro atoms. The van der Waals surface area contributed by atoms with Gasteiger partial charge in [-0.15, -0.1) is 5.54 Å². The second kappa shape index (κ2) is 10.4. The van der Waals surface area contributed by atoms with Crippen molar-refractivity contribution < 1.29 is 19.1 Å². The van der Waals surface area contributed by atoms with E-state index in [2.05, 4.69) is 60.7 Å². The van der Waals surface area contributed by atoms with Gasteiger partial charge in [-0.2, -0.15) is 0 Å². The van der Waals surface area contributed by atoms with Crippen LogP contribution in [0.15, 0.2) is 60.7 Å². The van der Waals surface area contributed by atoms with Crippen molar-refractivity contribution in [3.05, 3.63) is 88.5 Å². The van der Waals surface area contributed by atoms with E-state index in [1.54, 1.807) is 6.07 Å². The van der Waals surface area contributed by atoms with Crippen molar-refractivity contribution in [3.63, 3.8) is 0 Å². The third-order valence-electron chi connectivity index (χ3n) is 6.20. The number of hydrogen-bond donors (Lipinski definition) is 1. The zero-order chi connectivity index (χ0) is 25.9. The van der Waals surface area contributed by atoms with Crippen LogP contribution in [0.5, 0.6) is 0 Å². The number of benzene rings is 3. The van der Waals surface area contributed by atoms with Gasteiger partial charge in [0.25, 0.3) is 0 Å². The van der Waals surface area contributed by atoms with Crippen molar-refractivity contribution in [2.24, 2.45) is 0 Å². The molecule has 0 saturated carbocycles. The minimum Gasteiger partial charge on any atom is -0.469 e. The highest BCUT2D eigenvalue weighted by Gasteiger charge is 2.29. The van der Waals surface area contributed by atoms with Crippen LogP contribution < -0.4 is 5.32 Å². The van der Waals surface area contributed by atoms with E-state index in [0.717, 1.165) is 27.8 Å². The number of nitrogens with one attached hydrogen (secondary N) is 1. The molecule has 36 heavy (non-hydrogen) atoms. The molecule has 0 unspecified atom stereocenters. The van der Waals surface area contributed by atoms with E-state index in [1.807, 2.05) is 37.3 Å². The van der Waals surface area contributed by atoms with Gasteiger partial charge in [-0.25, -0.2) is 4.79 Å². The van der Waals surface area contributed by atoms with Crippen molar-refractivity contribution in [1.29, 1.82) is 0 Å². The molecule has 3 aromatic carbocycles. The Bertz CT molecular complexity index is 1330. The lowest BCUT2D eigenvalue weighted by molar-refractivity contribution is -0.139. The molecule has 1 aliphatic rings. The van der Waals surface area contributed by atoms with E-state index in [4.69, 9.17) is 9.47 Å². The maximum absolute atomic E-state index is 12.9. The van der Waals surface area contributed by atoms with Gasteiger partial charge in [0.2, 0.25) is 0 Å². The van der Waals surface area contributed by atoms with Gasteiger partial charge >= 0.3 is 12.1 Å². The average molecular weight is 498 g/mol. The minimum absolute atomic E-state index is 0.0203. The number of esters is 1. The molecule has 1 aliphatic carbocycles. The number of anilines is 1. The van der Waals surface area contributed by atoms with Crippen LogP contribution in [0.4, 0.5) is 10.5 Å². The van der Waals surface area contributed by atoms with Crippen molar-refractivity contribution in [2.45, 2.75) is 38.9 Å². The molecular formula is C30H31NO4Si. The van der Waals surface area contributed by atoms with E-state index in [0.29, 0.717) is 5.69 Å². The minimum atomic E-state index is -1.62. The molecule has 4 rings (SSSR count). The van der Waals surface area contributed by atoms with Gasteiger partial charge in [0, 0.05) is 17.2 Å². The van der Waals surface area contributed by atoms with E-state index in [1.165, 1.54) is 18.2 Å². The summed E-state index contributed by atoms with van der Waals surface area (Å²) in [5.41, 5.74) is 11.0. The Morgan fingerprint density at radius 3 is 2.17 bits per heavy atom. The number of carbonyl (C=O) groups is 2. The molecule has 6 heteroatoms. The molecule has 0 heterocycles. The number of amides is 1. The molecule has 0 radical (unpaired) electrons. The normalized spacial score (nSPS) is 12.1. The zero-order valence-corrected chi connectivity index (χ0v) is 22.4. The average Bonchev–Trinajstić information content (AvgIpc) is 3.17. The van der Waals surface area contributed by atoms with Gasteiger partial charge in [0.1, 0.15) is 14.7 Å². The SMILES string of the molecule is COC(=O)Cc1cc(C#C[Si](C)(C)C)c(C)c(NC(=O)OCC2c3ccccc3-c3ccccc32)c1. The molecule has 0 saturated heterocycles. The summed E-state index contributed by atoms with van der Waals surface area (Å²) in [6.07, 6.45) is -0.447. The van der Waals surface area contributed by atoms with Gasteiger partial charge in [-0.05, 0) is 52.4 Å². The zero-order valence-electron chi connectivity index (χ0n) is 21.4. The molecule has 0 fully saturated rings. The summed E-state index contributed by atoms with van der Waals surface area (Å²) in [5, 5.41) is 2.88. The maximum atomic E-state index is 12.9. The quantitative estimate of drug-likeness (QED) is 0.255.